The molecule has 1 N–H and O–H groups in total. The van der Waals surface area contributed by atoms with Gasteiger partial charge in [-0.25, -0.2) is 0 Å². The fourth-order valence-corrected chi connectivity index (χ4v) is 3.01. The SMILES string of the molecule is CNCc1cccc(Cl)c1N(C)CC(=O)N1CCCC1. The number of hydrogen-bond donors (Lipinski definition) is 1. The van der Waals surface area contributed by atoms with Gasteiger partial charge in [0.2, 0.25) is 5.91 Å². The number of amides is 1. The second kappa shape index (κ2) is 6.95. The normalized spacial score (nSPS) is 14.7. The summed E-state index contributed by atoms with van der Waals surface area (Å²) in [5.74, 6) is 0.181. The highest BCUT2D eigenvalue weighted by Crippen LogP contribution is 2.29. The van der Waals surface area contributed by atoms with E-state index in [9.17, 15) is 4.79 Å². The monoisotopic (exact) mass is 295 g/mol. The smallest absolute Gasteiger partial charge is 0.242 e. The summed E-state index contributed by atoms with van der Waals surface area (Å²) < 4.78 is 0. The molecule has 0 aromatic heterocycles. The number of halogens is 1. The summed E-state index contributed by atoms with van der Waals surface area (Å²) in [5.41, 5.74) is 2.05. The Morgan fingerprint density at radius 1 is 1.40 bits per heavy atom. The minimum atomic E-state index is 0.181. The highest BCUT2D eigenvalue weighted by molar-refractivity contribution is 6.33. The van der Waals surface area contributed by atoms with Crippen LogP contribution < -0.4 is 10.2 Å². The lowest BCUT2D eigenvalue weighted by molar-refractivity contribution is -0.128. The maximum atomic E-state index is 12.2. The zero-order valence-corrected chi connectivity index (χ0v) is 12.9. The van der Waals surface area contributed by atoms with Gasteiger partial charge in [-0.1, -0.05) is 23.7 Å². The number of anilines is 1. The Hall–Kier alpha value is -1.26. The Balaban J connectivity index is 2.11. The molecule has 110 valence electrons. The Morgan fingerprint density at radius 2 is 2.10 bits per heavy atom. The van der Waals surface area contributed by atoms with Crippen molar-refractivity contribution in [3.8, 4) is 0 Å². The predicted molar refractivity (Wildman–Crippen MR) is 83.3 cm³/mol. The number of carbonyl (C=O) groups is 1. The van der Waals surface area contributed by atoms with Crippen LogP contribution in [0.15, 0.2) is 18.2 Å². The van der Waals surface area contributed by atoms with Crippen LogP contribution >= 0.6 is 11.6 Å². The standard InChI is InChI=1S/C15H22ClN3O/c1-17-10-12-6-5-7-13(16)15(12)18(2)11-14(20)19-8-3-4-9-19/h5-7,17H,3-4,8-11H2,1-2H3. The lowest BCUT2D eigenvalue weighted by Crippen LogP contribution is -2.37. The molecule has 1 amide bonds. The van der Waals surface area contributed by atoms with Crippen LogP contribution in [0, 0.1) is 0 Å². The first-order valence-corrected chi connectivity index (χ1v) is 7.42. The second-order valence-electron chi connectivity index (χ2n) is 5.22. The van der Waals surface area contributed by atoms with Crippen molar-refractivity contribution in [1.29, 1.82) is 0 Å². The third-order valence-electron chi connectivity index (χ3n) is 3.65. The van der Waals surface area contributed by atoms with Crippen molar-refractivity contribution in [2.75, 3.05) is 38.6 Å². The molecule has 4 nitrogen and oxygen atoms in total. The number of nitrogens with zero attached hydrogens (tertiary/aromatic N) is 2. The Labute approximate surface area is 125 Å². The topological polar surface area (TPSA) is 35.6 Å². The lowest BCUT2D eigenvalue weighted by atomic mass is 10.1. The zero-order chi connectivity index (χ0) is 14.5. The van der Waals surface area contributed by atoms with Crippen LogP contribution in [0.1, 0.15) is 18.4 Å². The molecule has 0 bridgehead atoms. The maximum Gasteiger partial charge on any atom is 0.242 e. The number of likely N-dealkylation sites (N-methyl/N-ethyl adjacent to an activating group) is 1. The Bertz CT molecular complexity index is 472. The molecular formula is C15H22ClN3O. The summed E-state index contributed by atoms with van der Waals surface area (Å²) in [7, 11) is 3.83. The molecule has 2 rings (SSSR count). The van der Waals surface area contributed by atoms with E-state index in [4.69, 9.17) is 11.6 Å². The van der Waals surface area contributed by atoms with Crippen molar-refractivity contribution in [2.45, 2.75) is 19.4 Å². The van der Waals surface area contributed by atoms with Crippen LogP contribution in [0.5, 0.6) is 0 Å². The third kappa shape index (κ3) is 3.44. The first kappa shape index (κ1) is 15.1. The van der Waals surface area contributed by atoms with Crippen LogP contribution in [0.2, 0.25) is 5.02 Å². The van der Waals surface area contributed by atoms with Gasteiger partial charge in [0, 0.05) is 26.7 Å². The maximum absolute atomic E-state index is 12.2. The highest BCUT2D eigenvalue weighted by Gasteiger charge is 2.21. The van der Waals surface area contributed by atoms with E-state index in [0.29, 0.717) is 11.6 Å². The van der Waals surface area contributed by atoms with E-state index in [-0.39, 0.29) is 5.91 Å². The Kier molecular flexibility index (Phi) is 5.26. The largest absolute Gasteiger partial charge is 0.364 e. The van der Waals surface area contributed by atoms with E-state index in [1.54, 1.807) is 0 Å². The fourth-order valence-electron chi connectivity index (χ4n) is 2.67. The summed E-state index contributed by atoms with van der Waals surface area (Å²) in [6.45, 7) is 2.88. The molecule has 1 aliphatic rings. The molecular weight excluding hydrogens is 274 g/mol. The lowest BCUT2D eigenvalue weighted by Gasteiger charge is -2.25. The quantitative estimate of drug-likeness (QED) is 0.904. The van der Waals surface area contributed by atoms with Gasteiger partial charge in [0.05, 0.1) is 17.3 Å². The molecule has 1 fully saturated rings. The van der Waals surface area contributed by atoms with Crippen molar-refractivity contribution in [3.63, 3.8) is 0 Å². The molecule has 0 spiro atoms. The van der Waals surface area contributed by atoms with Crippen LogP contribution in [-0.2, 0) is 11.3 Å². The number of nitrogens with one attached hydrogen (secondary N) is 1. The molecule has 0 atom stereocenters. The number of benzene rings is 1. The van der Waals surface area contributed by atoms with Crippen LogP contribution in [-0.4, -0.2) is 44.5 Å². The third-order valence-corrected chi connectivity index (χ3v) is 3.96. The molecule has 1 aromatic rings. The van der Waals surface area contributed by atoms with E-state index < -0.39 is 0 Å². The molecule has 1 aliphatic heterocycles. The minimum absolute atomic E-state index is 0.181. The first-order chi connectivity index (χ1) is 9.63. The highest BCUT2D eigenvalue weighted by atomic mass is 35.5. The van der Waals surface area contributed by atoms with E-state index in [1.807, 2.05) is 42.1 Å². The molecule has 20 heavy (non-hydrogen) atoms. The van der Waals surface area contributed by atoms with Crippen molar-refractivity contribution in [2.24, 2.45) is 0 Å². The van der Waals surface area contributed by atoms with E-state index >= 15 is 0 Å². The van der Waals surface area contributed by atoms with Gasteiger partial charge in [-0.2, -0.15) is 0 Å². The van der Waals surface area contributed by atoms with Crippen molar-refractivity contribution in [3.05, 3.63) is 28.8 Å². The summed E-state index contributed by atoms with van der Waals surface area (Å²) in [5, 5.41) is 3.82. The van der Waals surface area contributed by atoms with E-state index in [1.165, 1.54) is 0 Å². The number of hydrogen-bond acceptors (Lipinski definition) is 3. The average Bonchev–Trinajstić information content (AvgIpc) is 2.93. The molecule has 1 aromatic carbocycles. The number of rotatable bonds is 5. The number of likely N-dealkylation sites (tertiary alicyclic amines) is 1. The van der Waals surface area contributed by atoms with Gasteiger partial charge in [0.15, 0.2) is 0 Å². The van der Waals surface area contributed by atoms with E-state index in [2.05, 4.69) is 5.32 Å². The molecule has 0 radical (unpaired) electrons. The van der Waals surface area contributed by atoms with Gasteiger partial charge in [-0.15, -0.1) is 0 Å². The molecule has 5 heteroatoms. The van der Waals surface area contributed by atoms with Gasteiger partial charge in [0.1, 0.15) is 0 Å². The fraction of sp³-hybridized carbons (Fsp3) is 0.533. The Morgan fingerprint density at radius 3 is 2.75 bits per heavy atom. The van der Waals surface area contributed by atoms with Gasteiger partial charge >= 0.3 is 0 Å². The first-order valence-electron chi connectivity index (χ1n) is 7.04. The van der Waals surface area contributed by atoms with Crippen LogP contribution in [0.4, 0.5) is 5.69 Å². The molecule has 1 saturated heterocycles. The van der Waals surface area contributed by atoms with Gasteiger partial charge in [0.25, 0.3) is 0 Å². The van der Waals surface area contributed by atoms with Crippen LogP contribution in [0.25, 0.3) is 0 Å². The molecule has 0 unspecified atom stereocenters. The molecule has 0 saturated carbocycles. The van der Waals surface area contributed by atoms with Crippen molar-refractivity contribution in [1.82, 2.24) is 10.2 Å². The minimum Gasteiger partial charge on any atom is -0.364 e. The zero-order valence-electron chi connectivity index (χ0n) is 12.2. The van der Waals surface area contributed by atoms with Gasteiger partial charge in [-0.3, -0.25) is 4.79 Å². The molecule has 0 aliphatic carbocycles. The van der Waals surface area contributed by atoms with Gasteiger partial charge in [-0.05, 0) is 31.5 Å². The average molecular weight is 296 g/mol. The molecule has 1 heterocycles. The number of carbonyl (C=O) groups excluding carboxylic acids is 1. The predicted octanol–water partition coefficient (Wildman–Crippen LogP) is 2.12. The van der Waals surface area contributed by atoms with Gasteiger partial charge < -0.3 is 15.1 Å². The van der Waals surface area contributed by atoms with Crippen molar-refractivity contribution >= 4 is 23.2 Å². The number of para-hydroxylation sites is 1. The summed E-state index contributed by atoms with van der Waals surface area (Å²) in [6, 6.07) is 5.84. The second-order valence-corrected chi connectivity index (χ2v) is 5.63. The van der Waals surface area contributed by atoms with E-state index in [0.717, 1.165) is 43.7 Å². The van der Waals surface area contributed by atoms with Crippen molar-refractivity contribution < 1.29 is 4.79 Å². The summed E-state index contributed by atoms with van der Waals surface area (Å²) in [6.07, 6.45) is 2.24. The summed E-state index contributed by atoms with van der Waals surface area (Å²) >= 11 is 6.31. The summed E-state index contributed by atoms with van der Waals surface area (Å²) in [4.78, 5) is 16.1. The van der Waals surface area contributed by atoms with Crippen LogP contribution in [0.3, 0.4) is 0 Å².